The van der Waals surface area contributed by atoms with E-state index in [0.29, 0.717) is 38.3 Å². The molecule has 0 aromatic heterocycles. The van der Waals surface area contributed by atoms with Crippen LogP contribution in [-0.4, -0.2) is 38.2 Å². The standard InChI is InChI=1S/C20H38N2O4/c1-16(2)11-17(14-21)12-18(23)25-9-6-10-26-19(24)13-20(15-22)7-4-3-5-8-20/h16-17H,3-15,21-22H2,1-2H3/t17-/m0/s1. The van der Waals surface area contributed by atoms with Crippen LogP contribution in [0.5, 0.6) is 0 Å². The van der Waals surface area contributed by atoms with Gasteiger partial charge in [-0.25, -0.2) is 0 Å². The van der Waals surface area contributed by atoms with E-state index in [0.717, 1.165) is 32.1 Å². The molecule has 1 aliphatic rings. The van der Waals surface area contributed by atoms with Crippen LogP contribution in [0.15, 0.2) is 0 Å². The van der Waals surface area contributed by atoms with Crippen LogP contribution >= 0.6 is 0 Å². The Morgan fingerprint density at radius 3 is 2.15 bits per heavy atom. The third-order valence-electron chi connectivity index (χ3n) is 5.27. The summed E-state index contributed by atoms with van der Waals surface area (Å²) < 4.78 is 10.5. The second-order valence-corrected chi connectivity index (χ2v) is 8.17. The predicted octanol–water partition coefficient (Wildman–Crippen LogP) is 2.77. The Morgan fingerprint density at radius 2 is 1.62 bits per heavy atom. The predicted molar refractivity (Wildman–Crippen MR) is 102 cm³/mol. The number of nitrogens with two attached hydrogens (primary N) is 2. The summed E-state index contributed by atoms with van der Waals surface area (Å²) in [5.41, 5.74) is 11.5. The van der Waals surface area contributed by atoms with Crippen LogP contribution < -0.4 is 11.5 Å². The van der Waals surface area contributed by atoms with Crippen molar-refractivity contribution in [2.24, 2.45) is 28.7 Å². The van der Waals surface area contributed by atoms with E-state index < -0.39 is 0 Å². The van der Waals surface area contributed by atoms with Crippen LogP contribution in [0.2, 0.25) is 0 Å². The number of rotatable bonds is 12. The summed E-state index contributed by atoms with van der Waals surface area (Å²) in [6.45, 7) is 5.81. The molecule has 4 N–H and O–H groups in total. The fraction of sp³-hybridized carbons (Fsp3) is 0.900. The molecule has 0 aromatic rings. The Kier molecular flexibility index (Phi) is 10.8. The highest BCUT2D eigenvalue weighted by atomic mass is 16.5. The smallest absolute Gasteiger partial charge is 0.306 e. The molecule has 0 saturated heterocycles. The lowest BCUT2D eigenvalue weighted by Gasteiger charge is -2.35. The van der Waals surface area contributed by atoms with E-state index in [1.165, 1.54) is 6.42 Å². The summed E-state index contributed by atoms with van der Waals surface area (Å²) in [5, 5.41) is 0. The van der Waals surface area contributed by atoms with Crippen molar-refractivity contribution in [3.05, 3.63) is 0 Å². The van der Waals surface area contributed by atoms with Gasteiger partial charge in [0.15, 0.2) is 0 Å². The van der Waals surface area contributed by atoms with Crippen molar-refractivity contribution < 1.29 is 19.1 Å². The van der Waals surface area contributed by atoms with Crippen LogP contribution in [0.4, 0.5) is 0 Å². The molecule has 0 bridgehead atoms. The molecule has 0 unspecified atom stereocenters. The van der Waals surface area contributed by atoms with Gasteiger partial charge in [-0.1, -0.05) is 33.1 Å². The van der Waals surface area contributed by atoms with Crippen LogP contribution in [0.3, 0.4) is 0 Å². The van der Waals surface area contributed by atoms with Crippen molar-refractivity contribution in [1.82, 2.24) is 0 Å². The minimum Gasteiger partial charge on any atom is -0.466 e. The highest BCUT2D eigenvalue weighted by molar-refractivity contribution is 5.70. The minimum atomic E-state index is -0.225. The van der Waals surface area contributed by atoms with E-state index in [2.05, 4.69) is 13.8 Å². The molecule has 1 aliphatic carbocycles. The van der Waals surface area contributed by atoms with E-state index in [4.69, 9.17) is 20.9 Å². The Hall–Kier alpha value is -1.14. The summed E-state index contributed by atoms with van der Waals surface area (Å²) in [4.78, 5) is 23.9. The number of carbonyl (C=O) groups excluding carboxylic acids is 2. The summed E-state index contributed by atoms with van der Waals surface area (Å²) in [5.74, 6) is 0.264. The maximum absolute atomic E-state index is 12.1. The zero-order chi connectivity index (χ0) is 19.4. The molecule has 152 valence electrons. The van der Waals surface area contributed by atoms with Crippen molar-refractivity contribution in [3.8, 4) is 0 Å². The maximum Gasteiger partial charge on any atom is 0.306 e. The van der Waals surface area contributed by atoms with Crippen molar-refractivity contribution in [3.63, 3.8) is 0 Å². The average Bonchev–Trinajstić information content (AvgIpc) is 2.61. The molecular formula is C20H38N2O4. The first-order valence-corrected chi connectivity index (χ1v) is 10.1. The molecular weight excluding hydrogens is 332 g/mol. The monoisotopic (exact) mass is 370 g/mol. The van der Waals surface area contributed by atoms with Gasteiger partial charge < -0.3 is 20.9 Å². The SMILES string of the molecule is CC(C)C[C@H](CN)CC(=O)OCCCOC(=O)CC1(CN)CCCCC1. The number of carbonyl (C=O) groups is 2. The van der Waals surface area contributed by atoms with Crippen LogP contribution in [-0.2, 0) is 19.1 Å². The molecule has 6 nitrogen and oxygen atoms in total. The first-order chi connectivity index (χ1) is 12.4. The third kappa shape index (κ3) is 8.99. The molecule has 6 heteroatoms. The molecule has 0 aromatic carbocycles. The zero-order valence-corrected chi connectivity index (χ0v) is 16.6. The quantitative estimate of drug-likeness (QED) is 0.404. The van der Waals surface area contributed by atoms with Gasteiger partial charge >= 0.3 is 11.9 Å². The van der Waals surface area contributed by atoms with Gasteiger partial charge in [-0.3, -0.25) is 9.59 Å². The molecule has 1 atom stereocenters. The van der Waals surface area contributed by atoms with Gasteiger partial charge in [0.05, 0.1) is 19.6 Å². The number of ether oxygens (including phenoxy) is 2. The van der Waals surface area contributed by atoms with E-state index in [9.17, 15) is 9.59 Å². The third-order valence-corrected chi connectivity index (χ3v) is 5.27. The second kappa shape index (κ2) is 12.3. The molecule has 0 aliphatic heterocycles. The lowest BCUT2D eigenvalue weighted by Crippen LogP contribution is -2.35. The van der Waals surface area contributed by atoms with Crippen molar-refractivity contribution in [2.45, 2.75) is 71.6 Å². The van der Waals surface area contributed by atoms with Crippen LogP contribution in [0.25, 0.3) is 0 Å². The van der Waals surface area contributed by atoms with Crippen molar-refractivity contribution in [1.29, 1.82) is 0 Å². The minimum absolute atomic E-state index is 0.0740. The molecule has 0 heterocycles. The molecule has 0 radical (unpaired) electrons. The zero-order valence-electron chi connectivity index (χ0n) is 16.6. The van der Waals surface area contributed by atoms with Gasteiger partial charge in [-0.05, 0) is 49.6 Å². The number of hydrogen-bond donors (Lipinski definition) is 2. The molecule has 1 saturated carbocycles. The molecule has 1 rings (SSSR count). The fourth-order valence-corrected chi connectivity index (χ4v) is 3.77. The van der Waals surface area contributed by atoms with Gasteiger partial charge in [0.2, 0.25) is 0 Å². The highest BCUT2D eigenvalue weighted by Crippen LogP contribution is 2.38. The molecule has 26 heavy (non-hydrogen) atoms. The lowest BCUT2D eigenvalue weighted by atomic mass is 9.72. The summed E-state index contributed by atoms with van der Waals surface area (Å²) in [6, 6.07) is 0. The van der Waals surface area contributed by atoms with E-state index in [1.807, 2.05) is 0 Å². The topological polar surface area (TPSA) is 105 Å². The fourth-order valence-electron chi connectivity index (χ4n) is 3.77. The maximum atomic E-state index is 12.1. The van der Waals surface area contributed by atoms with Crippen LogP contribution in [0.1, 0.15) is 71.6 Å². The highest BCUT2D eigenvalue weighted by Gasteiger charge is 2.33. The number of esters is 2. The van der Waals surface area contributed by atoms with Gasteiger partial charge in [-0.15, -0.1) is 0 Å². The second-order valence-electron chi connectivity index (χ2n) is 8.17. The van der Waals surface area contributed by atoms with E-state index in [1.54, 1.807) is 0 Å². The Balaban J connectivity index is 2.15. The average molecular weight is 371 g/mol. The molecule has 1 fully saturated rings. The van der Waals surface area contributed by atoms with E-state index >= 15 is 0 Å². The summed E-state index contributed by atoms with van der Waals surface area (Å²) >= 11 is 0. The van der Waals surface area contributed by atoms with Gasteiger partial charge in [0.25, 0.3) is 0 Å². The Morgan fingerprint density at radius 1 is 1.00 bits per heavy atom. The van der Waals surface area contributed by atoms with Crippen LogP contribution in [0, 0.1) is 17.3 Å². The van der Waals surface area contributed by atoms with Gasteiger partial charge in [0.1, 0.15) is 0 Å². The first kappa shape index (κ1) is 22.9. The summed E-state index contributed by atoms with van der Waals surface area (Å²) in [7, 11) is 0. The molecule has 0 spiro atoms. The first-order valence-electron chi connectivity index (χ1n) is 10.1. The van der Waals surface area contributed by atoms with E-state index in [-0.39, 0.29) is 36.5 Å². The lowest BCUT2D eigenvalue weighted by molar-refractivity contribution is -0.148. The van der Waals surface area contributed by atoms with Crippen molar-refractivity contribution >= 4 is 11.9 Å². The van der Waals surface area contributed by atoms with Crippen molar-refractivity contribution in [2.75, 3.05) is 26.3 Å². The van der Waals surface area contributed by atoms with Gasteiger partial charge in [0, 0.05) is 12.8 Å². The normalized spacial score (nSPS) is 17.7. The van der Waals surface area contributed by atoms with Gasteiger partial charge in [-0.2, -0.15) is 0 Å². The Labute approximate surface area is 158 Å². The number of hydrogen-bond acceptors (Lipinski definition) is 6. The largest absolute Gasteiger partial charge is 0.466 e. The Bertz CT molecular complexity index is 420. The summed E-state index contributed by atoms with van der Waals surface area (Å²) in [6.07, 6.45) is 7.72. The molecule has 0 amide bonds.